The molecule has 92 valence electrons. The van der Waals surface area contributed by atoms with Gasteiger partial charge in [-0.2, -0.15) is 5.10 Å². The van der Waals surface area contributed by atoms with E-state index in [0.717, 1.165) is 31.8 Å². The molecule has 0 bridgehead atoms. The molecule has 0 saturated carbocycles. The number of nitrogens with one attached hydrogen (secondary N) is 1. The number of hydrogen-bond acceptors (Lipinski definition) is 2. The van der Waals surface area contributed by atoms with Crippen molar-refractivity contribution in [3.63, 3.8) is 0 Å². The molecule has 16 heavy (non-hydrogen) atoms. The molecule has 1 heterocycles. The summed E-state index contributed by atoms with van der Waals surface area (Å²) in [7, 11) is 1.95. The van der Waals surface area contributed by atoms with Gasteiger partial charge in [0.1, 0.15) is 0 Å². The minimum atomic E-state index is 0.714. The second kappa shape index (κ2) is 7.69. The van der Waals surface area contributed by atoms with E-state index in [1.807, 2.05) is 17.9 Å². The summed E-state index contributed by atoms with van der Waals surface area (Å²) >= 11 is 5.75. The minimum absolute atomic E-state index is 0.714. The fourth-order valence-corrected chi connectivity index (χ4v) is 2.05. The molecular weight excluding hydrogens is 222 g/mol. The lowest BCUT2D eigenvalue weighted by Gasteiger charge is -2.13. The number of nitrogens with zero attached hydrogens (tertiary/aromatic N) is 2. The predicted molar refractivity (Wildman–Crippen MR) is 68.9 cm³/mol. The van der Waals surface area contributed by atoms with Crippen molar-refractivity contribution in [2.45, 2.75) is 26.2 Å². The highest BCUT2D eigenvalue weighted by atomic mass is 35.5. The van der Waals surface area contributed by atoms with E-state index in [1.165, 1.54) is 12.0 Å². The average molecular weight is 244 g/mol. The van der Waals surface area contributed by atoms with Crippen LogP contribution < -0.4 is 5.32 Å². The van der Waals surface area contributed by atoms with Crippen LogP contribution in [-0.4, -0.2) is 28.8 Å². The molecule has 3 nitrogen and oxygen atoms in total. The van der Waals surface area contributed by atoms with Crippen LogP contribution >= 0.6 is 11.6 Å². The summed E-state index contributed by atoms with van der Waals surface area (Å²) in [6.07, 6.45) is 7.35. The molecule has 0 aliphatic carbocycles. The monoisotopic (exact) mass is 243 g/mol. The third kappa shape index (κ3) is 4.99. The Labute approximate surface area is 103 Å². The molecule has 0 saturated heterocycles. The molecule has 1 aromatic rings. The van der Waals surface area contributed by atoms with Gasteiger partial charge in [0.05, 0.1) is 6.20 Å². The third-order valence-electron chi connectivity index (χ3n) is 2.88. The summed E-state index contributed by atoms with van der Waals surface area (Å²) in [5.74, 6) is 1.48. The van der Waals surface area contributed by atoms with Crippen LogP contribution in [0.25, 0.3) is 0 Å². The zero-order valence-electron chi connectivity index (χ0n) is 10.2. The van der Waals surface area contributed by atoms with Crippen molar-refractivity contribution in [1.29, 1.82) is 0 Å². The van der Waals surface area contributed by atoms with Crippen molar-refractivity contribution < 1.29 is 0 Å². The van der Waals surface area contributed by atoms with Crippen LogP contribution in [0.1, 0.15) is 25.3 Å². The lowest BCUT2D eigenvalue weighted by molar-refractivity contribution is 0.454. The van der Waals surface area contributed by atoms with E-state index in [0.29, 0.717) is 5.92 Å². The molecule has 1 atom stereocenters. The van der Waals surface area contributed by atoms with Gasteiger partial charge in [-0.3, -0.25) is 4.68 Å². The van der Waals surface area contributed by atoms with Crippen LogP contribution in [0, 0.1) is 5.92 Å². The Hall–Kier alpha value is -0.540. The summed E-state index contributed by atoms with van der Waals surface area (Å²) < 4.78 is 1.84. The Morgan fingerprint density at radius 2 is 2.38 bits per heavy atom. The second-order valence-electron chi connectivity index (χ2n) is 4.23. The van der Waals surface area contributed by atoms with Gasteiger partial charge in [-0.15, -0.1) is 11.6 Å². The summed E-state index contributed by atoms with van der Waals surface area (Å²) in [6.45, 7) is 4.31. The van der Waals surface area contributed by atoms with Gasteiger partial charge in [0.2, 0.25) is 0 Å². The largest absolute Gasteiger partial charge is 0.316 e. The standard InChI is InChI=1S/C12H22ClN3/c1-3-11(4-6-13)8-14-7-5-12-9-15-16(2)10-12/h9-11,14H,3-8H2,1-2H3. The smallest absolute Gasteiger partial charge is 0.0522 e. The zero-order valence-corrected chi connectivity index (χ0v) is 11.0. The maximum absolute atomic E-state index is 5.75. The fourth-order valence-electron chi connectivity index (χ4n) is 1.74. The first kappa shape index (κ1) is 13.5. The summed E-state index contributed by atoms with van der Waals surface area (Å²) in [4.78, 5) is 0. The van der Waals surface area contributed by atoms with E-state index < -0.39 is 0 Å². The molecule has 0 amide bonds. The first-order valence-corrected chi connectivity index (χ1v) is 6.54. The highest BCUT2D eigenvalue weighted by Gasteiger charge is 2.04. The van der Waals surface area contributed by atoms with E-state index >= 15 is 0 Å². The van der Waals surface area contributed by atoms with Gasteiger partial charge in [-0.1, -0.05) is 13.3 Å². The molecule has 0 aliphatic heterocycles. The number of halogens is 1. The molecule has 0 fully saturated rings. The number of alkyl halides is 1. The molecule has 0 aromatic carbocycles. The van der Waals surface area contributed by atoms with Crippen LogP contribution in [-0.2, 0) is 13.5 Å². The number of rotatable bonds is 8. The van der Waals surface area contributed by atoms with Crippen LogP contribution in [0.5, 0.6) is 0 Å². The Kier molecular flexibility index (Phi) is 6.50. The van der Waals surface area contributed by atoms with Gasteiger partial charge in [0.15, 0.2) is 0 Å². The summed E-state index contributed by atoms with van der Waals surface area (Å²) in [5, 5.41) is 7.63. The van der Waals surface area contributed by atoms with Crippen molar-refractivity contribution in [3.05, 3.63) is 18.0 Å². The third-order valence-corrected chi connectivity index (χ3v) is 3.09. The van der Waals surface area contributed by atoms with Gasteiger partial charge in [-0.05, 0) is 37.4 Å². The number of aromatic nitrogens is 2. The van der Waals surface area contributed by atoms with Gasteiger partial charge < -0.3 is 5.32 Å². The van der Waals surface area contributed by atoms with Crippen molar-refractivity contribution >= 4 is 11.6 Å². The van der Waals surface area contributed by atoms with E-state index in [9.17, 15) is 0 Å². The molecule has 4 heteroatoms. The normalized spacial score (nSPS) is 12.9. The van der Waals surface area contributed by atoms with E-state index in [2.05, 4.69) is 23.5 Å². The molecule has 1 N–H and O–H groups in total. The quantitative estimate of drug-likeness (QED) is 0.561. The first-order chi connectivity index (χ1) is 7.76. The topological polar surface area (TPSA) is 29.9 Å². The zero-order chi connectivity index (χ0) is 11.8. The molecule has 1 unspecified atom stereocenters. The molecule has 1 aromatic heterocycles. The van der Waals surface area contributed by atoms with Gasteiger partial charge in [-0.25, -0.2) is 0 Å². The highest BCUT2D eigenvalue weighted by Crippen LogP contribution is 2.07. The van der Waals surface area contributed by atoms with E-state index in [-0.39, 0.29) is 0 Å². The lowest BCUT2D eigenvalue weighted by Crippen LogP contribution is -2.24. The van der Waals surface area contributed by atoms with Crippen LogP contribution in [0.15, 0.2) is 12.4 Å². The number of hydrogen-bond donors (Lipinski definition) is 1. The van der Waals surface area contributed by atoms with Crippen LogP contribution in [0.3, 0.4) is 0 Å². The SMILES string of the molecule is CCC(CCCl)CNCCc1cnn(C)c1. The van der Waals surface area contributed by atoms with Crippen molar-refractivity contribution in [3.8, 4) is 0 Å². The van der Waals surface area contributed by atoms with Crippen molar-refractivity contribution in [2.24, 2.45) is 13.0 Å². The van der Waals surface area contributed by atoms with E-state index in [1.54, 1.807) is 0 Å². The van der Waals surface area contributed by atoms with Crippen LogP contribution in [0.2, 0.25) is 0 Å². The first-order valence-electron chi connectivity index (χ1n) is 6.00. The van der Waals surface area contributed by atoms with Gasteiger partial charge in [0.25, 0.3) is 0 Å². The maximum atomic E-state index is 5.75. The summed E-state index contributed by atoms with van der Waals surface area (Å²) in [6, 6.07) is 0. The lowest BCUT2D eigenvalue weighted by atomic mass is 10.0. The second-order valence-corrected chi connectivity index (χ2v) is 4.61. The number of aryl methyl sites for hydroxylation is 1. The summed E-state index contributed by atoms with van der Waals surface area (Å²) in [5.41, 5.74) is 1.29. The Bertz CT molecular complexity index is 286. The van der Waals surface area contributed by atoms with E-state index in [4.69, 9.17) is 11.6 Å². The Morgan fingerprint density at radius 1 is 1.56 bits per heavy atom. The molecular formula is C12H22ClN3. The fraction of sp³-hybridized carbons (Fsp3) is 0.750. The predicted octanol–water partition coefficient (Wildman–Crippen LogP) is 2.21. The highest BCUT2D eigenvalue weighted by molar-refractivity contribution is 6.17. The van der Waals surface area contributed by atoms with Gasteiger partial charge in [0, 0.05) is 19.1 Å². The van der Waals surface area contributed by atoms with Crippen LogP contribution in [0.4, 0.5) is 0 Å². The molecule has 1 rings (SSSR count). The molecule has 0 aliphatic rings. The molecule has 0 spiro atoms. The average Bonchev–Trinajstić information content (AvgIpc) is 2.69. The Balaban J connectivity index is 2.11. The minimum Gasteiger partial charge on any atom is -0.316 e. The Morgan fingerprint density at radius 3 is 2.94 bits per heavy atom. The van der Waals surface area contributed by atoms with Gasteiger partial charge >= 0.3 is 0 Å². The maximum Gasteiger partial charge on any atom is 0.0522 e. The molecule has 0 radical (unpaired) electrons. The van der Waals surface area contributed by atoms with Crippen molar-refractivity contribution in [1.82, 2.24) is 15.1 Å². The van der Waals surface area contributed by atoms with Crippen molar-refractivity contribution in [2.75, 3.05) is 19.0 Å².